The van der Waals surface area contributed by atoms with Crippen molar-refractivity contribution in [2.45, 2.75) is 0 Å². The van der Waals surface area contributed by atoms with E-state index in [-0.39, 0.29) is 42.7 Å². The molecule has 1 radical (unpaired) electrons. The van der Waals surface area contributed by atoms with Crippen LogP contribution < -0.4 is 34.6 Å². The molecular formula is C3H11BNaO3S. The van der Waals surface area contributed by atoms with Gasteiger partial charge in [-0.2, -0.15) is 0 Å². The second-order valence-electron chi connectivity index (χ2n) is 1.33. The molecule has 0 aliphatic heterocycles. The van der Waals surface area contributed by atoms with Crippen molar-refractivity contribution in [3.63, 3.8) is 0 Å². The molecule has 51 valence electrons. The van der Waals surface area contributed by atoms with E-state index < -0.39 is 0 Å². The minimum absolute atomic E-state index is 0. The van der Waals surface area contributed by atoms with Gasteiger partial charge < -0.3 is 15.5 Å². The zero-order valence-electron chi connectivity index (χ0n) is 6.29. The summed E-state index contributed by atoms with van der Waals surface area (Å²) in [6, 6.07) is 0. The molecular weight excluding hydrogens is 150 g/mol. The molecule has 0 aliphatic rings. The Morgan fingerprint density at radius 1 is 1.33 bits per heavy atom. The average molecular weight is 161 g/mol. The van der Waals surface area contributed by atoms with Gasteiger partial charge >= 0.3 is 29.6 Å². The fourth-order valence-electron chi connectivity index (χ4n) is 0. The fraction of sp³-hybridized carbons (Fsp3) is 1.00. The Hall–Kier alpha value is 1.29. The molecule has 0 amide bonds. The molecule has 0 saturated heterocycles. The molecule has 0 unspecified atom stereocenters. The summed E-state index contributed by atoms with van der Waals surface area (Å²) in [6.07, 6.45) is 6.58. The van der Waals surface area contributed by atoms with Gasteiger partial charge in [-0.3, -0.25) is 0 Å². The van der Waals surface area contributed by atoms with E-state index in [0.29, 0.717) is 10.9 Å². The van der Waals surface area contributed by atoms with E-state index in [1.807, 2.05) is 0 Å². The van der Waals surface area contributed by atoms with Crippen LogP contribution in [0.15, 0.2) is 0 Å². The van der Waals surface area contributed by atoms with Crippen LogP contribution in [0.4, 0.5) is 0 Å². The van der Waals surface area contributed by atoms with Gasteiger partial charge in [0.15, 0.2) is 7.69 Å². The van der Waals surface area contributed by atoms with E-state index in [9.17, 15) is 0 Å². The first kappa shape index (κ1) is 22.4. The molecule has 0 fully saturated rings. The molecule has 2 N–H and O–H groups in total. The van der Waals surface area contributed by atoms with Crippen LogP contribution in [0.3, 0.4) is 0 Å². The third kappa shape index (κ3) is 295. The van der Waals surface area contributed by atoms with Crippen molar-refractivity contribution in [2.24, 2.45) is 0 Å². The van der Waals surface area contributed by atoms with Gasteiger partial charge in [0, 0.05) is 0 Å². The molecule has 3 nitrogen and oxygen atoms in total. The molecule has 0 aromatic rings. The first-order valence-electron chi connectivity index (χ1n) is 1.72. The van der Waals surface area contributed by atoms with Crippen LogP contribution in [0, 0.1) is 0 Å². The standard InChI is InChI=1S/C3H9S.BHO2.Na.H2O/c1-4(2)3;2-1-3;;/h1-3H3;2H;;1H2/q+1;-1;+1;/p-1. The minimum atomic E-state index is -0.250. The molecule has 0 rings (SSSR count). The quantitative estimate of drug-likeness (QED) is 0.286. The van der Waals surface area contributed by atoms with E-state index in [1.54, 1.807) is 0 Å². The zero-order valence-corrected chi connectivity index (χ0v) is 9.10. The predicted octanol–water partition coefficient (Wildman–Crippen LogP) is -4.81. The number of rotatable bonds is 0. The van der Waals surface area contributed by atoms with Gasteiger partial charge in [0.2, 0.25) is 0 Å². The van der Waals surface area contributed by atoms with Crippen LogP contribution >= 0.6 is 0 Å². The van der Waals surface area contributed by atoms with Gasteiger partial charge in [0.05, 0.1) is 18.8 Å². The van der Waals surface area contributed by atoms with Crippen molar-refractivity contribution < 1.29 is 45.1 Å². The monoisotopic (exact) mass is 161 g/mol. The van der Waals surface area contributed by atoms with Crippen LogP contribution in [0.5, 0.6) is 0 Å². The van der Waals surface area contributed by atoms with Crippen LogP contribution in [-0.2, 0) is 10.9 Å². The number of hydrogen-bond acceptors (Lipinski definition) is 3. The van der Waals surface area contributed by atoms with Gasteiger partial charge in [-0.25, -0.2) is 0 Å². The van der Waals surface area contributed by atoms with Gasteiger partial charge in [0.25, 0.3) is 0 Å². The Balaban J connectivity index is -0.0000000233. The van der Waals surface area contributed by atoms with Crippen molar-refractivity contribution in [1.29, 1.82) is 0 Å². The molecule has 0 heterocycles. The van der Waals surface area contributed by atoms with Crippen molar-refractivity contribution in [3.05, 3.63) is 0 Å². The topological polar surface area (TPSA) is 73.3 Å². The van der Waals surface area contributed by atoms with Gasteiger partial charge in [0.1, 0.15) is 0 Å². The normalized spacial score (nSPS) is 5.56. The molecule has 0 aliphatic carbocycles. The minimum Gasteiger partial charge on any atom is -0.870 e. The third-order valence-electron chi connectivity index (χ3n) is 0. The summed E-state index contributed by atoms with van der Waals surface area (Å²) in [5, 5.41) is 15.2. The van der Waals surface area contributed by atoms with E-state index >= 15 is 0 Å². The van der Waals surface area contributed by atoms with Gasteiger partial charge in [-0.1, -0.05) is 0 Å². The molecule has 0 bridgehead atoms. The maximum absolute atomic E-state index is 8.36. The molecule has 6 heteroatoms. The van der Waals surface area contributed by atoms with Crippen molar-refractivity contribution >= 4 is 18.6 Å². The summed E-state index contributed by atoms with van der Waals surface area (Å²) in [5.41, 5.74) is 0. The van der Waals surface area contributed by atoms with Gasteiger partial charge in [-0.05, 0) is 10.9 Å². The Bertz CT molecular complexity index is 30.3. The molecule has 0 aromatic carbocycles. The molecule has 0 spiro atoms. The smallest absolute Gasteiger partial charge is 0.870 e. The predicted molar refractivity (Wildman–Crippen MR) is 35.0 cm³/mol. The third-order valence-corrected chi connectivity index (χ3v) is 0. The maximum atomic E-state index is 8.36. The zero-order chi connectivity index (χ0) is 6.28. The second kappa shape index (κ2) is 22.8. The SMILES string of the molecule is C[S+](C)C.[Na+].[O-][B]O.[OH-]. The van der Waals surface area contributed by atoms with Crippen molar-refractivity contribution in [3.8, 4) is 0 Å². The van der Waals surface area contributed by atoms with Crippen LogP contribution in [0.2, 0.25) is 0 Å². The molecule has 0 saturated carbocycles. The fourth-order valence-corrected chi connectivity index (χ4v) is 0. The average Bonchev–Trinajstić information content (AvgIpc) is 1.33. The Morgan fingerprint density at radius 2 is 1.33 bits per heavy atom. The second-order valence-corrected chi connectivity index (χ2v) is 3.78. The van der Waals surface area contributed by atoms with Crippen molar-refractivity contribution in [2.75, 3.05) is 18.8 Å². The molecule has 9 heavy (non-hydrogen) atoms. The summed E-state index contributed by atoms with van der Waals surface area (Å²) in [4.78, 5) is 0. The Morgan fingerprint density at radius 3 is 1.33 bits per heavy atom. The summed E-state index contributed by atoms with van der Waals surface area (Å²) in [7, 11) is 0.389. The molecule has 0 atom stereocenters. The van der Waals surface area contributed by atoms with Gasteiger partial charge in [-0.15, -0.1) is 0 Å². The van der Waals surface area contributed by atoms with E-state index in [0.717, 1.165) is 0 Å². The maximum Gasteiger partial charge on any atom is 1.00 e. The summed E-state index contributed by atoms with van der Waals surface area (Å²) in [6.45, 7) is 0. The summed E-state index contributed by atoms with van der Waals surface area (Å²) >= 11 is 0. The first-order valence-corrected chi connectivity index (χ1v) is 4.17. The summed E-state index contributed by atoms with van der Waals surface area (Å²) < 4.78 is 0. The van der Waals surface area contributed by atoms with Crippen LogP contribution in [0.25, 0.3) is 0 Å². The van der Waals surface area contributed by atoms with Crippen molar-refractivity contribution in [1.82, 2.24) is 0 Å². The first-order chi connectivity index (χ1) is 3.15. The Labute approximate surface area is 82.1 Å². The Kier molecular flexibility index (Phi) is 56.9. The van der Waals surface area contributed by atoms with E-state index in [1.165, 1.54) is 0 Å². The van der Waals surface area contributed by atoms with Crippen LogP contribution in [-0.4, -0.2) is 37.0 Å². The van der Waals surface area contributed by atoms with E-state index in [2.05, 4.69) is 18.8 Å². The van der Waals surface area contributed by atoms with E-state index in [4.69, 9.17) is 10.0 Å². The number of hydrogen-bond donors (Lipinski definition) is 1. The largest absolute Gasteiger partial charge is 1.00 e. The van der Waals surface area contributed by atoms with Crippen LogP contribution in [0.1, 0.15) is 0 Å². The molecule has 0 aromatic heterocycles. The summed E-state index contributed by atoms with van der Waals surface area (Å²) in [5.74, 6) is 0.